The van der Waals surface area contributed by atoms with Gasteiger partial charge in [-0.3, -0.25) is 9.10 Å². The number of hydrogen-bond acceptors (Lipinski definition) is 6. The molecule has 0 aliphatic heterocycles. The van der Waals surface area contributed by atoms with Crippen molar-refractivity contribution < 1.29 is 22.7 Å². The van der Waals surface area contributed by atoms with E-state index in [1.165, 1.54) is 25.2 Å². The van der Waals surface area contributed by atoms with Crippen LogP contribution in [0.3, 0.4) is 0 Å². The third-order valence-corrected chi connectivity index (χ3v) is 7.54. The lowest BCUT2D eigenvalue weighted by molar-refractivity contribution is 0.0939. The largest absolute Gasteiger partial charge is 0.394 e. The Kier molecular flexibility index (Phi) is 9.61. The van der Waals surface area contributed by atoms with E-state index in [4.69, 9.17) is 5.73 Å². The van der Waals surface area contributed by atoms with Gasteiger partial charge in [-0.25, -0.2) is 12.8 Å². The Bertz CT molecular complexity index is 1340. The Labute approximate surface area is 223 Å². The first-order valence-corrected chi connectivity index (χ1v) is 14.0. The van der Waals surface area contributed by atoms with E-state index in [2.05, 4.69) is 10.6 Å². The van der Waals surface area contributed by atoms with E-state index in [9.17, 15) is 22.7 Å². The van der Waals surface area contributed by atoms with E-state index in [0.717, 1.165) is 21.7 Å². The monoisotopic (exact) mass is 542 g/mol. The summed E-state index contributed by atoms with van der Waals surface area (Å²) < 4.78 is 38.8. The topological polar surface area (TPSA) is 125 Å². The number of aliphatic hydroxyl groups excluding tert-OH is 1. The minimum absolute atomic E-state index is 0.235. The number of benzene rings is 3. The number of carbonyl (C=O) groups excluding carboxylic acids is 1. The highest BCUT2D eigenvalue weighted by molar-refractivity contribution is 7.92. The molecule has 0 radical (unpaired) electrons. The smallest absolute Gasteiger partial charge is 0.251 e. The molecule has 204 valence electrons. The third-order valence-electron chi connectivity index (χ3n) is 6.34. The van der Waals surface area contributed by atoms with E-state index < -0.39 is 27.5 Å². The minimum atomic E-state index is -3.57. The predicted molar refractivity (Wildman–Crippen MR) is 148 cm³/mol. The maximum Gasteiger partial charge on any atom is 0.251 e. The van der Waals surface area contributed by atoms with Crippen LogP contribution in [0.1, 0.15) is 40.0 Å². The molecule has 10 heteroatoms. The maximum absolute atomic E-state index is 13.3. The zero-order chi connectivity index (χ0) is 27.9. The molecule has 0 aliphatic rings. The van der Waals surface area contributed by atoms with Crippen LogP contribution < -0.4 is 20.7 Å². The van der Waals surface area contributed by atoms with Crippen LogP contribution in [0.5, 0.6) is 0 Å². The maximum atomic E-state index is 13.3. The summed E-state index contributed by atoms with van der Waals surface area (Å²) in [7, 11) is -2.16. The molecule has 3 aromatic carbocycles. The summed E-state index contributed by atoms with van der Waals surface area (Å²) >= 11 is 0. The van der Waals surface area contributed by atoms with Crippen LogP contribution in [0.4, 0.5) is 10.1 Å². The highest BCUT2D eigenvalue weighted by Crippen LogP contribution is 2.22. The van der Waals surface area contributed by atoms with Gasteiger partial charge in [-0.2, -0.15) is 0 Å². The highest BCUT2D eigenvalue weighted by Gasteiger charge is 2.24. The van der Waals surface area contributed by atoms with Gasteiger partial charge in [-0.05, 0) is 60.4 Å². The number of carbonyl (C=O) groups is 1. The van der Waals surface area contributed by atoms with Crippen molar-refractivity contribution in [1.82, 2.24) is 10.6 Å². The molecule has 0 bridgehead atoms. The molecular formula is C28H35FN4O4S. The fourth-order valence-corrected chi connectivity index (χ4v) is 4.52. The van der Waals surface area contributed by atoms with Crippen molar-refractivity contribution in [3.05, 3.63) is 101 Å². The summed E-state index contributed by atoms with van der Waals surface area (Å²) in [4.78, 5) is 13.1. The molecule has 0 spiro atoms. The molecule has 0 aliphatic carbocycles. The number of nitrogens with two attached hydrogens (primary N) is 1. The summed E-state index contributed by atoms with van der Waals surface area (Å²) in [5.74, 6) is -0.771. The van der Waals surface area contributed by atoms with E-state index in [1.54, 1.807) is 31.2 Å². The molecule has 0 aromatic heterocycles. The predicted octanol–water partition coefficient (Wildman–Crippen LogP) is 2.73. The van der Waals surface area contributed by atoms with Crippen molar-refractivity contribution in [3.63, 3.8) is 0 Å². The Morgan fingerprint density at radius 1 is 1.08 bits per heavy atom. The van der Waals surface area contributed by atoms with Crippen LogP contribution >= 0.6 is 0 Å². The third kappa shape index (κ3) is 8.09. The lowest BCUT2D eigenvalue weighted by atomic mass is 9.92. The summed E-state index contributed by atoms with van der Waals surface area (Å²) in [6.07, 6.45) is 1.55. The van der Waals surface area contributed by atoms with Gasteiger partial charge in [0, 0.05) is 25.7 Å². The van der Waals surface area contributed by atoms with Crippen molar-refractivity contribution in [3.8, 4) is 0 Å². The van der Waals surface area contributed by atoms with Crippen molar-refractivity contribution >= 4 is 21.6 Å². The zero-order valence-corrected chi connectivity index (χ0v) is 22.6. The van der Waals surface area contributed by atoms with Gasteiger partial charge in [0.15, 0.2) is 0 Å². The van der Waals surface area contributed by atoms with Crippen LogP contribution in [0, 0.1) is 5.82 Å². The van der Waals surface area contributed by atoms with E-state index in [-0.39, 0.29) is 31.1 Å². The number of sulfonamides is 1. The number of anilines is 1. The van der Waals surface area contributed by atoms with Gasteiger partial charge >= 0.3 is 0 Å². The molecule has 5 N–H and O–H groups in total. The Balaban J connectivity index is 1.79. The number of hydrogen-bond donors (Lipinski definition) is 4. The second-order valence-corrected chi connectivity index (χ2v) is 11.7. The Morgan fingerprint density at radius 2 is 1.74 bits per heavy atom. The van der Waals surface area contributed by atoms with Crippen molar-refractivity contribution in [1.29, 1.82) is 0 Å². The molecule has 0 saturated heterocycles. The second kappa shape index (κ2) is 12.5. The van der Waals surface area contributed by atoms with Crippen LogP contribution in [0.25, 0.3) is 0 Å². The number of rotatable bonds is 12. The number of amides is 1. The molecule has 8 nitrogen and oxygen atoms in total. The van der Waals surface area contributed by atoms with Crippen LogP contribution in [0.2, 0.25) is 0 Å². The lowest BCUT2D eigenvalue weighted by Gasteiger charge is -2.28. The number of nitrogens with one attached hydrogen (secondary N) is 2. The highest BCUT2D eigenvalue weighted by atomic mass is 32.2. The SMILES string of the molecule is C[C@@H](NC(=O)c1cc(CNC[C@](N)(CO)Cc2ccccc2)cc(N(C)S(C)(=O)=O)c1)c1ccc(F)cc1. The molecule has 1 amide bonds. The molecule has 3 aromatic rings. The van der Waals surface area contributed by atoms with E-state index in [1.807, 2.05) is 30.3 Å². The summed E-state index contributed by atoms with van der Waals surface area (Å²) in [5, 5.41) is 16.1. The van der Waals surface area contributed by atoms with Crippen LogP contribution in [-0.4, -0.2) is 51.4 Å². The van der Waals surface area contributed by atoms with Gasteiger partial charge in [0.2, 0.25) is 10.0 Å². The van der Waals surface area contributed by atoms with Gasteiger partial charge in [0.25, 0.3) is 5.91 Å². The van der Waals surface area contributed by atoms with Crippen molar-refractivity contribution in [2.24, 2.45) is 5.73 Å². The molecule has 0 saturated carbocycles. The Hall–Kier alpha value is -3.31. The molecule has 0 heterocycles. The van der Waals surface area contributed by atoms with Gasteiger partial charge in [0.05, 0.1) is 30.1 Å². The summed E-state index contributed by atoms with van der Waals surface area (Å²) in [6.45, 7) is 2.11. The first kappa shape index (κ1) is 29.2. The molecule has 0 fully saturated rings. The average Bonchev–Trinajstić information content (AvgIpc) is 2.88. The first-order chi connectivity index (χ1) is 17.9. The standard InChI is InChI=1S/C28H35FN4O4S/c1-20(23-9-11-25(29)12-10-23)32-27(35)24-13-22(14-26(15-24)33(2)38(3,36)37)17-31-18-28(30,19-34)16-21-7-5-4-6-8-21/h4-15,20,31,34H,16-19,30H2,1-3H3,(H,32,35)/t20-,28+/m1/s1. The number of nitrogens with zero attached hydrogens (tertiary/aromatic N) is 1. The molecular weight excluding hydrogens is 507 g/mol. The van der Waals surface area contributed by atoms with E-state index in [0.29, 0.717) is 17.7 Å². The number of aliphatic hydroxyl groups is 1. The molecule has 0 unspecified atom stereocenters. The van der Waals surface area contributed by atoms with Crippen molar-refractivity contribution in [2.45, 2.75) is 31.5 Å². The zero-order valence-electron chi connectivity index (χ0n) is 21.8. The fourth-order valence-electron chi connectivity index (χ4n) is 4.03. The molecule has 38 heavy (non-hydrogen) atoms. The normalized spacial score (nSPS) is 13.9. The first-order valence-electron chi connectivity index (χ1n) is 12.2. The minimum Gasteiger partial charge on any atom is -0.394 e. The average molecular weight is 543 g/mol. The second-order valence-electron chi connectivity index (χ2n) is 9.65. The number of halogens is 1. The summed E-state index contributed by atoms with van der Waals surface area (Å²) in [5.41, 5.74) is 8.52. The fraction of sp³-hybridized carbons (Fsp3) is 0.321. The Morgan fingerprint density at radius 3 is 2.34 bits per heavy atom. The quantitative estimate of drug-likeness (QED) is 0.279. The van der Waals surface area contributed by atoms with Crippen molar-refractivity contribution in [2.75, 3.05) is 30.8 Å². The molecule has 3 rings (SSSR count). The summed E-state index contributed by atoms with van der Waals surface area (Å²) in [6, 6.07) is 19.9. The van der Waals surface area contributed by atoms with Crippen LogP contribution in [-0.2, 0) is 23.0 Å². The van der Waals surface area contributed by atoms with Crippen LogP contribution in [0.15, 0.2) is 72.8 Å². The van der Waals surface area contributed by atoms with Gasteiger partial charge < -0.3 is 21.5 Å². The van der Waals surface area contributed by atoms with Gasteiger partial charge in [-0.15, -0.1) is 0 Å². The van der Waals surface area contributed by atoms with Gasteiger partial charge in [0.1, 0.15) is 5.82 Å². The van der Waals surface area contributed by atoms with E-state index >= 15 is 0 Å². The lowest BCUT2D eigenvalue weighted by Crippen LogP contribution is -2.53. The molecule has 2 atom stereocenters. The van der Waals surface area contributed by atoms with Gasteiger partial charge in [-0.1, -0.05) is 42.5 Å².